The fraction of sp³-hybridized carbons (Fsp3) is 0.0526. The van der Waals surface area contributed by atoms with Crippen molar-refractivity contribution in [2.75, 3.05) is 7.05 Å². The van der Waals surface area contributed by atoms with Crippen molar-refractivity contribution in [1.29, 1.82) is 0 Å². The number of rotatable bonds is 1. The Morgan fingerprint density at radius 2 is 1.64 bits per heavy atom. The first-order chi connectivity index (χ1) is 10.8. The molecule has 0 spiro atoms. The summed E-state index contributed by atoms with van der Waals surface area (Å²) in [6.07, 6.45) is 0. The van der Waals surface area contributed by atoms with Crippen LogP contribution in [0.15, 0.2) is 72.8 Å². The highest BCUT2D eigenvalue weighted by atomic mass is 32.1. The van der Waals surface area contributed by atoms with Crippen LogP contribution in [0.3, 0.4) is 0 Å². The predicted octanol–water partition coefficient (Wildman–Crippen LogP) is 4.13. The van der Waals surface area contributed by atoms with Crippen molar-refractivity contribution in [2.24, 2.45) is 0 Å². The highest BCUT2D eigenvalue weighted by molar-refractivity contribution is 7.21. The van der Waals surface area contributed by atoms with Crippen molar-refractivity contribution in [3.63, 3.8) is 0 Å². The van der Waals surface area contributed by atoms with Gasteiger partial charge >= 0.3 is 0 Å². The number of hydrogen-bond acceptors (Lipinski definition) is 2. The van der Waals surface area contributed by atoms with Crippen LogP contribution in [0, 0.1) is 0 Å². The standard InChI is InChI=1S/C19H15N2S/c1-21(14-7-3-2-4-8-14)15-11-12-17-19(13-15)22-18-10-6-5-9-16(18)20-17/h2-13H,1H3/q+1. The molecule has 0 fully saturated rings. The maximum Gasteiger partial charge on any atom is 0.206 e. The minimum Gasteiger partial charge on any atom is -0.246 e. The third kappa shape index (κ3) is 2.30. The maximum absolute atomic E-state index is 4.74. The molecule has 22 heavy (non-hydrogen) atoms. The second-order valence-electron chi connectivity index (χ2n) is 5.23. The van der Waals surface area contributed by atoms with Crippen LogP contribution in [0.5, 0.6) is 0 Å². The van der Waals surface area contributed by atoms with E-state index in [1.807, 2.05) is 12.1 Å². The summed E-state index contributed by atoms with van der Waals surface area (Å²) in [4.78, 5) is 5.95. The molecule has 2 aliphatic rings. The molecule has 1 aliphatic carbocycles. The normalized spacial score (nSPS) is 12.6. The Morgan fingerprint density at radius 1 is 0.864 bits per heavy atom. The summed E-state index contributed by atoms with van der Waals surface area (Å²) in [6, 6.07) is 25.1. The molecule has 0 bridgehead atoms. The van der Waals surface area contributed by atoms with Gasteiger partial charge in [0, 0.05) is 24.3 Å². The van der Waals surface area contributed by atoms with Crippen molar-refractivity contribution >= 4 is 27.2 Å². The molecule has 0 radical (unpaired) electrons. The van der Waals surface area contributed by atoms with Gasteiger partial charge in [-0.3, -0.25) is 0 Å². The van der Waals surface area contributed by atoms with Gasteiger partial charge in [0.1, 0.15) is 7.05 Å². The van der Waals surface area contributed by atoms with E-state index in [2.05, 4.69) is 72.3 Å². The Hall–Kier alpha value is -2.52. The van der Waals surface area contributed by atoms with E-state index in [1.165, 1.54) is 20.6 Å². The van der Waals surface area contributed by atoms with Gasteiger partial charge in [0.15, 0.2) is 0 Å². The summed E-state index contributed by atoms with van der Waals surface area (Å²) in [7, 11) is 2.09. The molecule has 1 aliphatic heterocycles. The quantitative estimate of drug-likeness (QED) is 0.381. The predicted molar refractivity (Wildman–Crippen MR) is 93.5 cm³/mol. The van der Waals surface area contributed by atoms with Crippen LogP contribution in [0.4, 0.5) is 5.69 Å². The lowest BCUT2D eigenvalue weighted by molar-refractivity contribution is 0.894. The van der Waals surface area contributed by atoms with Crippen LogP contribution in [0.1, 0.15) is 0 Å². The largest absolute Gasteiger partial charge is 0.246 e. The molecule has 0 N–H and O–H groups in total. The molecule has 0 unspecified atom stereocenters. The minimum atomic E-state index is 1.05. The lowest BCUT2D eigenvalue weighted by atomic mass is 10.2. The Kier molecular flexibility index (Phi) is 3.20. The van der Waals surface area contributed by atoms with Gasteiger partial charge in [0.05, 0.1) is 20.8 Å². The van der Waals surface area contributed by atoms with Gasteiger partial charge in [-0.2, -0.15) is 4.58 Å². The summed E-state index contributed by atoms with van der Waals surface area (Å²) >= 11 is 1.79. The van der Waals surface area contributed by atoms with E-state index in [4.69, 9.17) is 4.98 Å². The Balaban J connectivity index is 1.98. The van der Waals surface area contributed by atoms with Gasteiger partial charge in [-0.15, -0.1) is 11.3 Å². The zero-order chi connectivity index (χ0) is 14.9. The average Bonchev–Trinajstić information content (AvgIpc) is 2.59. The monoisotopic (exact) mass is 303 g/mol. The van der Waals surface area contributed by atoms with E-state index in [1.54, 1.807) is 11.3 Å². The van der Waals surface area contributed by atoms with E-state index in [0.29, 0.717) is 0 Å². The van der Waals surface area contributed by atoms with Crippen molar-refractivity contribution in [2.45, 2.75) is 0 Å². The highest BCUT2D eigenvalue weighted by Gasteiger charge is 2.10. The van der Waals surface area contributed by atoms with Crippen molar-refractivity contribution in [3.8, 4) is 10.6 Å². The maximum atomic E-state index is 4.74. The zero-order valence-corrected chi connectivity index (χ0v) is 13.0. The van der Waals surface area contributed by atoms with Crippen LogP contribution < -0.4 is 9.93 Å². The van der Waals surface area contributed by atoms with E-state index in [9.17, 15) is 0 Å². The first kappa shape index (κ1) is 13.2. The lowest BCUT2D eigenvalue weighted by Gasteiger charge is -2.05. The van der Waals surface area contributed by atoms with Gasteiger partial charge < -0.3 is 0 Å². The molecule has 0 amide bonds. The first-order valence-corrected chi connectivity index (χ1v) is 8.04. The summed E-state index contributed by atoms with van der Waals surface area (Å²) in [5.74, 6) is 0. The number of fused-ring (bicyclic) bond motifs is 2. The molecule has 2 aromatic rings. The second kappa shape index (κ2) is 5.35. The van der Waals surface area contributed by atoms with Crippen LogP contribution in [-0.2, 0) is 0 Å². The lowest BCUT2D eigenvalue weighted by Crippen LogP contribution is -2.21. The molecule has 2 aromatic carbocycles. The molecule has 4 rings (SSSR count). The Labute approximate surface area is 133 Å². The van der Waals surface area contributed by atoms with Crippen LogP contribution in [-0.4, -0.2) is 12.0 Å². The molecule has 2 nitrogen and oxygen atoms in total. The van der Waals surface area contributed by atoms with E-state index >= 15 is 0 Å². The van der Waals surface area contributed by atoms with Gasteiger partial charge in [0.2, 0.25) is 11.0 Å². The zero-order valence-electron chi connectivity index (χ0n) is 12.2. The van der Waals surface area contributed by atoms with Gasteiger partial charge in [-0.1, -0.05) is 30.3 Å². The van der Waals surface area contributed by atoms with Gasteiger partial charge in [0.25, 0.3) is 0 Å². The van der Waals surface area contributed by atoms with Crippen LogP contribution >= 0.6 is 11.3 Å². The van der Waals surface area contributed by atoms with Gasteiger partial charge in [-0.05, 0) is 18.2 Å². The summed E-state index contributed by atoms with van der Waals surface area (Å²) in [6.45, 7) is 0. The number of hydrogen-bond donors (Lipinski definition) is 0. The molecule has 0 aromatic heterocycles. The number of aromatic nitrogens is 1. The smallest absolute Gasteiger partial charge is 0.206 e. The summed E-state index contributed by atoms with van der Waals surface area (Å²) in [5.41, 5.74) is 3.29. The minimum absolute atomic E-state index is 1.05. The fourth-order valence-corrected chi connectivity index (χ4v) is 3.57. The van der Waals surface area contributed by atoms with Crippen LogP contribution in [0.2, 0.25) is 0 Å². The second-order valence-corrected chi connectivity index (χ2v) is 6.31. The molecule has 0 atom stereocenters. The number of para-hydroxylation sites is 2. The molecule has 106 valence electrons. The van der Waals surface area contributed by atoms with Crippen molar-refractivity contribution < 1.29 is 0 Å². The average molecular weight is 303 g/mol. The molecular formula is C19H15N2S+. The van der Waals surface area contributed by atoms with Gasteiger partial charge in [-0.25, -0.2) is 4.98 Å². The fourth-order valence-electron chi connectivity index (χ4n) is 2.57. The molecule has 1 heterocycles. The van der Waals surface area contributed by atoms with E-state index in [0.717, 1.165) is 11.2 Å². The highest BCUT2D eigenvalue weighted by Crippen LogP contribution is 2.28. The van der Waals surface area contributed by atoms with Crippen LogP contribution in [0.25, 0.3) is 20.8 Å². The SMILES string of the molecule is C[N+](c1ccccc1)=c1ccc2nc3ccccc3sc-2c1. The number of nitrogens with zero attached hydrogens (tertiary/aromatic N) is 2. The Morgan fingerprint density at radius 3 is 2.50 bits per heavy atom. The third-order valence-corrected chi connectivity index (χ3v) is 4.91. The molecule has 0 saturated heterocycles. The van der Waals surface area contributed by atoms with Crippen molar-refractivity contribution in [1.82, 2.24) is 9.56 Å². The van der Waals surface area contributed by atoms with E-state index < -0.39 is 0 Å². The van der Waals surface area contributed by atoms with Crippen molar-refractivity contribution in [3.05, 3.63) is 78.2 Å². The summed E-state index contributed by atoms with van der Waals surface area (Å²) in [5, 5.41) is 1.17. The first-order valence-electron chi connectivity index (χ1n) is 7.23. The van der Waals surface area contributed by atoms with E-state index in [-0.39, 0.29) is 0 Å². The molecule has 3 heteroatoms. The molecular weight excluding hydrogens is 288 g/mol. The Bertz CT molecular complexity index is 987. The molecule has 0 saturated carbocycles. The number of benzene rings is 3. The topological polar surface area (TPSA) is 15.9 Å². The summed E-state index contributed by atoms with van der Waals surface area (Å²) < 4.78 is 3.41. The third-order valence-electron chi connectivity index (χ3n) is 3.80.